The fraction of sp³-hybridized carbons (Fsp3) is 0.111. The summed E-state index contributed by atoms with van der Waals surface area (Å²) in [6.45, 7) is 0.195. The Kier molecular flexibility index (Phi) is 2.16. The van der Waals surface area contributed by atoms with Gasteiger partial charge in [0.2, 0.25) is 11.7 Å². The second kappa shape index (κ2) is 3.47. The maximum atomic E-state index is 9.49. The van der Waals surface area contributed by atoms with E-state index in [1.165, 1.54) is 0 Å². The molecule has 0 aliphatic heterocycles. The van der Waals surface area contributed by atoms with Gasteiger partial charge in [-0.25, -0.2) is 0 Å². The average Bonchev–Trinajstić information content (AvgIpc) is 2.67. The molecular weight excluding hydrogens is 182 g/mol. The zero-order valence-corrected chi connectivity index (χ0v) is 7.34. The maximum Gasteiger partial charge on any atom is 0.240 e. The van der Waals surface area contributed by atoms with Gasteiger partial charge in [-0.1, -0.05) is 17.3 Å². The molecule has 0 atom stereocenters. The summed E-state index contributed by atoms with van der Waals surface area (Å²) in [5.41, 5.74) is 5.86. The van der Waals surface area contributed by atoms with Crippen LogP contribution >= 0.6 is 0 Å². The fourth-order valence-corrected chi connectivity index (χ4v) is 1.11. The number of hydrogen-bond donors (Lipinski definition) is 2. The molecular formula is C9H9N3O2. The zero-order valence-electron chi connectivity index (χ0n) is 7.34. The Labute approximate surface area is 80.2 Å². The first-order chi connectivity index (χ1) is 6.81. The second-order valence-corrected chi connectivity index (χ2v) is 2.73. The van der Waals surface area contributed by atoms with Gasteiger partial charge in [-0.2, -0.15) is 4.98 Å². The normalized spacial score (nSPS) is 10.4. The summed E-state index contributed by atoms with van der Waals surface area (Å²) in [4.78, 5) is 4.00. The molecule has 0 fully saturated rings. The summed E-state index contributed by atoms with van der Waals surface area (Å²) >= 11 is 0. The van der Waals surface area contributed by atoms with Gasteiger partial charge in [-0.15, -0.1) is 0 Å². The van der Waals surface area contributed by atoms with Crippen molar-refractivity contribution in [2.75, 3.05) is 0 Å². The Morgan fingerprint density at radius 2 is 2.14 bits per heavy atom. The lowest BCUT2D eigenvalue weighted by Crippen LogP contribution is -1.95. The molecule has 2 rings (SSSR count). The lowest BCUT2D eigenvalue weighted by molar-refractivity contribution is 0.380. The number of nitrogens with zero attached hydrogens (tertiary/aromatic N) is 2. The molecule has 1 aromatic carbocycles. The van der Waals surface area contributed by atoms with Crippen LogP contribution in [0.25, 0.3) is 11.4 Å². The van der Waals surface area contributed by atoms with E-state index >= 15 is 0 Å². The minimum Gasteiger partial charge on any atom is -0.507 e. The van der Waals surface area contributed by atoms with E-state index in [1.807, 2.05) is 0 Å². The van der Waals surface area contributed by atoms with Crippen molar-refractivity contribution in [1.29, 1.82) is 0 Å². The minimum absolute atomic E-state index is 0.122. The van der Waals surface area contributed by atoms with Gasteiger partial charge in [0.1, 0.15) is 5.75 Å². The predicted octanol–water partition coefficient (Wildman–Crippen LogP) is 0.901. The van der Waals surface area contributed by atoms with Gasteiger partial charge in [0.25, 0.3) is 0 Å². The lowest BCUT2D eigenvalue weighted by Gasteiger charge is -1.96. The van der Waals surface area contributed by atoms with Crippen LogP contribution in [0.1, 0.15) is 5.89 Å². The number of aromatic nitrogens is 2. The highest BCUT2D eigenvalue weighted by Gasteiger charge is 2.10. The summed E-state index contributed by atoms with van der Waals surface area (Å²) in [7, 11) is 0. The Bertz CT molecular complexity index is 439. The van der Waals surface area contributed by atoms with Crippen LogP contribution in [0.2, 0.25) is 0 Å². The third-order valence-corrected chi connectivity index (χ3v) is 1.79. The molecule has 0 spiro atoms. The van der Waals surface area contributed by atoms with Crippen LogP contribution in [0.5, 0.6) is 5.75 Å². The van der Waals surface area contributed by atoms with E-state index in [0.29, 0.717) is 17.3 Å². The molecule has 1 aromatic heterocycles. The fourth-order valence-electron chi connectivity index (χ4n) is 1.11. The summed E-state index contributed by atoms with van der Waals surface area (Å²) < 4.78 is 4.83. The SMILES string of the molecule is NCc1nc(-c2ccccc2O)no1. The molecule has 0 radical (unpaired) electrons. The highest BCUT2D eigenvalue weighted by molar-refractivity contribution is 5.62. The predicted molar refractivity (Wildman–Crippen MR) is 49.3 cm³/mol. The molecule has 5 heteroatoms. The van der Waals surface area contributed by atoms with Gasteiger partial charge in [-0.05, 0) is 12.1 Å². The first kappa shape index (κ1) is 8.71. The lowest BCUT2D eigenvalue weighted by atomic mass is 10.2. The number of phenolic OH excluding ortho intramolecular Hbond substituents is 1. The third kappa shape index (κ3) is 1.45. The molecule has 72 valence electrons. The van der Waals surface area contributed by atoms with Crippen LogP contribution in [0.3, 0.4) is 0 Å². The standard InChI is InChI=1S/C9H9N3O2/c10-5-8-11-9(12-14-8)6-3-1-2-4-7(6)13/h1-4,13H,5,10H2. The van der Waals surface area contributed by atoms with E-state index in [-0.39, 0.29) is 12.3 Å². The van der Waals surface area contributed by atoms with Gasteiger partial charge < -0.3 is 15.4 Å². The van der Waals surface area contributed by atoms with Crippen molar-refractivity contribution >= 4 is 0 Å². The number of hydrogen-bond acceptors (Lipinski definition) is 5. The first-order valence-corrected chi connectivity index (χ1v) is 4.12. The van der Waals surface area contributed by atoms with Crippen LogP contribution in [-0.2, 0) is 6.54 Å². The van der Waals surface area contributed by atoms with Crippen LogP contribution < -0.4 is 5.73 Å². The number of rotatable bonds is 2. The highest BCUT2D eigenvalue weighted by Crippen LogP contribution is 2.25. The Balaban J connectivity index is 2.44. The number of nitrogens with two attached hydrogens (primary N) is 1. The van der Waals surface area contributed by atoms with Gasteiger partial charge in [0.15, 0.2) is 0 Å². The van der Waals surface area contributed by atoms with Crippen molar-refractivity contribution in [3.63, 3.8) is 0 Å². The minimum atomic E-state index is 0.122. The van der Waals surface area contributed by atoms with E-state index in [1.54, 1.807) is 24.3 Å². The van der Waals surface area contributed by atoms with Crippen LogP contribution in [0.4, 0.5) is 0 Å². The topological polar surface area (TPSA) is 85.2 Å². The van der Waals surface area contributed by atoms with E-state index < -0.39 is 0 Å². The smallest absolute Gasteiger partial charge is 0.240 e. The van der Waals surface area contributed by atoms with Gasteiger partial charge in [-0.3, -0.25) is 0 Å². The first-order valence-electron chi connectivity index (χ1n) is 4.12. The van der Waals surface area contributed by atoms with E-state index in [9.17, 15) is 5.11 Å². The molecule has 2 aromatic rings. The van der Waals surface area contributed by atoms with Crippen molar-refractivity contribution in [2.24, 2.45) is 5.73 Å². The monoisotopic (exact) mass is 191 g/mol. The zero-order chi connectivity index (χ0) is 9.97. The Morgan fingerprint density at radius 3 is 2.79 bits per heavy atom. The molecule has 3 N–H and O–H groups in total. The summed E-state index contributed by atoms with van der Waals surface area (Å²) in [6.07, 6.45) is 0. The van der Waals surface area contributed by atoms with Gasteiger partial charge >= 0.3 is 0 Å². The van der Waals surface area contributed by atoms with Crippen molar-refractivity contribution in [3.8, 4) is 17.1 Å². The summed E-state index contributed by atoms with van der Waals surface area (Å²) in [5, 5.41) is 13.2. The molecule has 0 bridgehead atoms. The molecule has 0 aliphatic carbocycles. The van der Waals surface area contributed by atoms with Gasteiger partial charge in [0, 0.05) is 0 Å². The molecule has 0 aliphatic rings. The highest BCUT2D eigenvalue weighted by atomic mass is 16.5. The molecule has 1 heterocycles. The molecule has 5 nitrogen and oxygen atoms in total. The van der Waals surface area contributed by atoms with Crippen molar-refractivity contribution < 1.29 is 9.63 Å². The molecule has 0 amide bonds. The van der Waals surface area contributed by atoms with Crippen molar-refractivity contribution in [3.05, 3.63) is 30.2 Å². The maximum absolute atomic E-state index is 9.49. The summed E-state index contributed by atoms with van der Waals surface area (Å²) in [6, 6.07) is 6.78. The molecule has 14 heavy (non-hydrogen) atoms. The van der Waals surface area contributed by atoms with Crippen molar-refractivity contribution in [2.45, 2.75) is 6.54 Å². The number of phenols is 1. The Hall–Kier alpha value is -1.88. The van der Waals surface area contributed by atoms with Crippen LogP contribution in [-0.4, -0.2) is 15.2 Å². The Morgan fingerprint density at radius 1 is 1.36 bits per heavy atom. The quantitative estimate of drug-likeness (QED) is 0.736. The number of benzene rings is 1. The molecule has 0 saturated carbocycles. The van der Waals surface area contributed by atoms with Crippen LogP contribution in [0.15, 0.2) is 28.8 Å². The van der Waals surface area contributed by atoms with E-state index in [2.05, 4.69) is 10.1 Å². The second-order valence-electron chi connectivity index (χ2n) is 2.73. The van der Waals surface area contributed by atoms with Gasteiger partial charge in [0.05, 0.1) is 12.1 Å². The van der Waals surface area contributed by atoms with E-state index in [0.717, 1.165) is 0 Å². The molecule has 0 saturated heterocycles. The largest absolute Gasteiger partial charge is 0.507 e. The number of para-hydroxylation sites is 1. The molecule has 0 unspecified atom stereocenters. The summed E-state index contributed by atoms with van der Waals surface area (Å²) in [5.74, 6) is 0.823. The number of aromatic hydroxyl groups is 1. The third-order valence-electron chi connectivity index (χ3n) is 1.79. The van der Waals surface area contributed by atoms with Crippen molar-refractivity contribution in [1.82, 2.24) is 10.1 Å². The average molecular weight is 191 g/mol. The van der Waals surface area contributed by atoms with Crippen LogP contribution in [0, 0.1) is 0 Å². The van der Waals surface area contributed by atoms with E-state index in [4.69, 9.17) is 10.3 Å².